The lowest BCUT2D eigenvalue weighted by Gasteiger charge is -2.55. The van der Waals surface area contributed by atoms with E-state index in [4.69, 9.17) is 22.8 Å². The highest BCUT2D eigenvalue weighted by molar-refractivity contribution is 8.00. The molecule has 4 heterocycles. The number of hydrogen-bond acceptors (Lipinski definition) is 15. The molecule has 14 nitrogen and oxygen atoms in total. The number of fused-ring (bicyclic) bond motifs is 2. The van der Waals surface area contributed by atoms with Gasteiger partial charge < -0.3 is 31.2 Å². The van der Waals surface area contributed by atoms with E-state index in [9.17, 15) is 34.5 Å². The molecule has 6 N–H and O–H groups in total. The molecule has 5 rings (SSSR count). The van der Waals surface area contributed by atoms with Crippen molar-refractivity contribution in [3.05, 3.63) is 44.8 Å². The van der Waals surface area contributed by atoms with E-state index in [1.807, 2.05) is 0 Å². The van der Waals surface area contributed by atoms with Gasteiger partial charge in [-0.05, 0) is 13.0 Å². The van der Waals surface area contributed by atoms with Crippen molar-refractivity contribution < 1.29 is 34.5 Å². The summed E-state index contributed by atoms with van der Waals surface area (Å²) in [6, 6.07) is 3.54. The fourth-order valence-electron chi connectivity index (χ4n) is 4.24. The fraction of sp³-hybridized carbons (Fsp3) is 0.217. The van der Waals surface area contributed by atoms with Gasteiger partial charge in [0.05, 0.1) is 0 Å². The number of nitrogens with one attached hydrogen (secondary N) is 1. The van der Waals surface area contributed by atoms with E-state index in [1.54, 1.807) is 6.92 Å². The first-order valence-electron chi connectivity index (χ1n) is 11.5. The number of carboxylic acids is 1. The second-order valence-electron chi connectivity index (χ2n) is 8.54. The van der Waals surface area contributed by atoms with E-state index < -0.39 is 45.6 Å². The van der Waals surface area contributed by atoms with E-state index >= 15 is 0 Å². The first-order valence-corrected chi connectivity index (χ1v) is 14.6. The molecule has 1 saturated heterocycles. The summed E-state index contributed by atoms with van der Waals surface area (Å²) < 4.78 is 4.27. The molecule has 2 amide bonds. The molecule has 0 spiro atoms. The molecule has 18 heteroatoms. The smallest absolute Gasteiger partial charge is 0.353 e. The zero-order valence-corrected chi connectivity index (χ0v) is 23.9. The van der Waals surface area contributed by atoms with Crippen molar-refractivity contribution >= 4 is 96.5 Å². The molecule has 2 aliphatic rings. The maximum atomic E-state index is 13.6. The molecule has 1 fully saturated rings. The molecule has 0 unspecified atom stereocenters. The molecular formula is C23H18N6O8S4. The quantitative estimate of drug-likeness (QED) is 0.0772. The summed E-state index contributed by atoms with van der Waals surface area (Å²) in [5, 5.41) is 36.4. The normalized spacial score (nSPS) is 20.4. The lowest BCUT2D eigenvalue weighted by Crippen LogP contribution is -2.80. The number of nitrogen functional groups attached to an aromatic ring is 1. The topological polar surface area (TPSA) is 218 Å². The summed E-state index contributed by atoms with van der Waals surface area (Å²) in [6.45, 7) is 1.76. The summed E-state index contributed by atoms with van der Waals surface area (Å²) in [5.74, 6) is -4.15. The van der Waals surface area contributed by atoms with Gasteiger partial charge in [-0.25, -0.2) is 4.79 Å². The number of thioether (sulfide) groups is 1. The molecule has 0 saturated carbocycles. The Kier molecular flexibility index (Phi) is 7.41. The average Bonchev–Trinajstić information content (AvgIpc) is 3.37. The number of phenols is 2. The number of aliphatic carboxylic acids is 1. The van der Waals surface area contributed by atoms with Gasteiger partial charge in [0, 0.05) is 55.3 Å². The van der Waals surface area contributed by atoms with Crippen LogP contribution in [-0.2, 0) is 19.2 Å². The maximum Gasteiger partial charge on any atom is 0.353 e. The van der Waals surface area contributed by atoms with E-state index in [-0.39, 0.29) is 50.6 Å². The Morgan fingerprint density at radius 3 is 2.68 bits per heavy atom. The Hall–Kier alpha value is -4.13. The van der Waals surface area contributed by atoms with Crippen molar-refractivity contribution in [2.45, 2.75) is 17.8 Å². The van der Waals surface area contributed by atoms with Crippen LogP contribution < -0.4 is 16.5 Å². The van der Waals surface area contributed by atoms with Crippen molar-refractivity contribution in [3.8, 4) is 11.5 Å². The van der Waals surface area contributed by atoms with Crippen LogP contribution in [-0.4, -0.2) is 81.7 Å². The molecule has 212 valence electrons. The Morgan fingerprint density at radius 1 is 1.32 bits per heavy atom. The van der Waals surface area contributed by atoms with Gasteiger partial charge in [-0.15, -0.1) is 23.1 Å². The number of anilines is 1. The molecule has 2 aromatic heterocycles. The van der Waals surface area contributed by atoms with E-state index in [1.165, 1.54) is 12.1 Å². The summed E-state index contributed by atoms with van der Waals surface area (Å²) in [5.41, 5.74) is 2.79. The minimum atomic E-state index is -1.78. The van der Waals surface area contributed by atoms with E-state index in [0.29, 0.717) is 4.70 Å². The van der Waals surface area contributed by atoms with Gasteiger partial charge in [0.2, 0.25) is 11.5 Å². The van der Waals surface area contributed by atoms with E-state index in [2.05, 4.69) is 19.8 Å². The zero-order valence-electron chi connectivity index (χ0n) is 20.7. The third-order valence-electron chi connectivity index (χ3n) is 6.09. The number of rotatable bonds is 8. The third kappa shape index (κ3) is 4.67. The van der Waals surface area contributed by atoms with Gasteiger partial charge in [0.15, 0.2) is 27.6 Å². The monoisotopic (exact) mass is 634 g/mol. The Balaban J connectivity index is 1.52. The van der Waals surface area contributed by atoms with Crippen molar-refractivity contribution in [3.63, 3.8) is 0 Å². The maximum absolute atomic E-state index is 13.6. The lowest BCUT2D eigenvalue weighted by atomic mass is 9.87. The van der Waals surface area contributed by atoms with Gasteiger partial charge in [-0.3, -0.25) is 19.3 Å². The lowest BCUT2D eigenvalue weighted by molar-refractivity contribution is -0.153. The highest BCUT2D eigenvalue weighted by Crippen LogP contribution is 2.48. The zero-order chi connectivity index (χ0) is 29.6. The predicted molar refractivity (Wildman–Crippen MR) is 156 cm³/mol. The summed E-state index contributed by atoms with van der Waals surface area (Å²) in [6.07, 6.45) is 0. The first kappa shape index (κ1) is 28.4. The number of amides is 2. The van der Waals surface area contributed by atoms with Crippen LogP contribution in [0.1, 0.15) is 17.6 Å². The van der Waals surface area contributed by atoms with Crippen LogP contribution in [0.4, 0.5) is 5.13 Å². The Morgan fingerprint density at radius 2 is 2.05 bits per heavy atom. The number of carbonyl (C=O) groups excluding carboxylic acids is 2. The second-order valence-corrected chi connectivity index (χ2v) is 11.7. The van der Waals surface area contributed by atoms with Crippen LogP contribution in [0.3, 0.4) is 0 Å². The first-order chi connectivity index (χ1) is 19.5. The molecule has 3 aromatic rings. The van der Waals surface area contributed by atoms with E-state index in [0.717, 1.165) is 51.0 Å². The molecule has 2 aliphatic heterocycles. The molecular weight excluding hydrogens is 617 g/mol. The molecule has 41 heavy (non-hydrogen) atoms. The number of thiocarbonyl (C=S) groups is 1. The summed E-state index contributed by atoms with van der Waals surface area (Å²) >= 11 is 8.11. The number of carboxylic acid groups (broad SMARTS) is 1. The summed E-state index contributed by atoms with van der Waals surface area (Å²) in [4.78, 5) is 62.3. The fourth-order valence-corrected chi connectivity index (χ4v) is 7.74. The number of phenolic OH excluding ortho intramolecular Hbond substituents is 2. The van der Waals surface area contributed by atoms with Crippen LogP contribution in [0.5, 0.6) is 11.5 Å². The molecule has 1 aromatic carbocycles. The van der Waals surface area contributed by atoms with Crippen LogP contribution in [0, 0.1) is 0 Å². The minimum Gasteiger partial charge on any atom is -0.504 e. The van der Waals surface area contributed by atoms with Gasteiger partial charge in [0.1, 0.15) is 17.7 Å². The average molecular weight is 635 g/mol. The summed E-state index contributed by atoms with van der Waals surface area (Å²) in [7, 11) is 0. The Labute approximate surface area is 247 Å². The number of nitrogens with two attached hydrogens (primary N) is 1. The largest absolute Gasteiger partial charge is 0.504 e. The van der Waals surface area contributed by atoms with Crippen LogP contribution >= 0.6 is 46.8 Å². The number of aromatic nitrogens is 2. The third-order valence-corrected chi connectivity index (χ3v) is 9.50. The van der Waals surface area contributed by atoms with Crippen molar-refractivity contribution in [1.29, 1.82) is 0 Å². The number of carbonyl (C=O) groups is 3. The van der Waals surface area contributed by atoms with Gasteiger partial charge >= 0.3 is 5.97 Å². The highest BCUT2D eigenvalue weighted by Gasteiger charge is 2.65. The van der Waals surface area contributed by atoms with Crippen LogP contribution in [0.2, 0.25) is 0 Å². The molecule has 2 atom stereocenters. The number of nitrogens with zero attached hydrogens (tertiary/aromatic N) is 4. The highest BCUT2D eigenvalue weighted by atomic mass is 32.2. The molecule has 0 aliphatic carbocycles. The van der Waals surface area contributed by atoms with Crippen LogP contribution in [0.25, 0.3) is 15.7 Å². The molecule has 0 bridgehead atoms. The SMILES string of the molecule is CCON=C(C(=O)N[C@]1(C=S)C(=O)N2C(C(=O)O)=C(c3cc(=O)c4cc(O)c(O)cc4s3)CS[C@H]21)c1nsc(N)n1. The standard InChI is InChI=1S/C23H18N6O8S4/c1-2-37-27-15(17-25-22(24)41-28-17)18(33)26-23(7-38)20(36)29-16(19(34)35)9(6-39-21(23)29)14-4-10(30)8-3-11(31)12(32)5-13(8)40-14/h3-5,7,21,31-32H,2,6H2,1H3,(H,26,33)(H,34,35)(H2,24,25,28)/t21-,23+/m0/s1. The van der Waals surface area contributed by atoms with Crippen LogP contribution in [0.15, 0.2) is 33.8 Å². The predicted octanol–water partition coefficient (Wildman–Crippen LogP) is 1.11. The number of β-lactam (4-membered cyclic amide) rings is 1. The number of oxime groups is 1. The van der Waals surface area contributed by atoms with Gasteiger partial charge in [0.25, 0.3) is 11.8 Å². The number of aromatic hydroxyl groups is 2. The number of hydrogen-bond donors (Lipinski definition) is 5. The van der Waals surface area contributed by atoms with Crippen molar-refractivity contribution in [1.82, 2.24) is 19.6 Å². The number of benzene rings is 1. The second kappa shape index (κ2) is 10.7. The van der Waals surface area contributed by atoms with Crippen molar-refractivity contribution in [2.75, 3.05) is 18.1 Å². The molecule has 0 radical (unpaired) electrons. The van der Waals surface area contributed by atoms with Gasteiger partial charge in [-0.1, -0.05) is 17.4 Å². The van der Waals surface area contributed by atoms with Gasteiger partial charge in [-0.2, -0.15) is 9.36 Å². The minimum absolute atomic E-state index is 0.0342. The Bertz CT molecular complexity index is 1770. The van der Waals surface area contributed by atoms with Crippen molar-refractivity contribution in [2.24, 2.45) is 5.16 Å².